The minimum Gasteiger partial charge on any atom is -0.398 e. The van der Waals surface area contributed by atoms with Crippen LogP contribution in [-0.2, 0) is 16.1 Å². The minimum atomic E-state index is -0.705. The Kier molecular flexibility index (Phi) is 4.28. The number of fused-ring (bicyclic) bond motifs is 1. The number of hydrogen-bond donors (Lipinski definition) is 2. The van der Waals surface area contributed by atoms with E-state index in [1.54, 1.807) is 24.4 Å². The zero-order chi connectivity index (χ0) is 21.7. The summed E-state index contributed by atoms with van der Waals surface area (Å²) >= 11 is 0. The molecule has 1 aromatic heterocycles. The van der Waals surface area contributed by atoms with Crippen LogP contribution in [0, 0.1) is 5.82 Å². The van der Waals surface area contributed by atoms with E-state index in [0.717, 1.165) is 0 Å². The van der Waals surface area contributed by atoms with E-state index in [4.69, 9.17) is 5.73 Å². The van der Waals surface area contributed by atoms with E-state index in [2.05, 4.69) is 15.6 Å². The van der Waals surface area contributed by atoms with Crippen molar-refractivity contribution in [3.63, 3.8) is 0 Å². The van der Waals surface area contributed by atoms with Crippen LogP contribution in [0.4, 0.5) is 10.1 Å². The number of nitrogens with zero attached hydrogens (tertiary/aromatic N) is 4. The van der Waals surface area contributed by atoms with E-state index in [9.17, 15) is 18.8 Å². The third kappa shape index (κ3) is 3.12. The number of nitrogens with two attached hydrogens (primary N) is 1. The summed E-state index contributed by atoms with van der Waals surface area (Å²) in [6.45, 7) is 0.202. The standard InChI is InChI=1S/C21H17FN6O3/c22-11-4-5-15(23)13(8-11)16-10-28(26-25-16)17-3-1-2-12-14(17)9-27(21(12)31)18-6-7-19(29)24-20(18)30/h1-5,8,10,18H,6-7,9,23H2,(H,24,29,30). The first-order valence-corrected chi connectivity index (χ1v) is 9.67. The molecule has 1 saturated heterocycles. The highest BCUT2D eigenvalue weighted by Gasteiger charge is 2.40. The van der Waals surface area contributed by atoms with Gasteiger partial charge in [-0.15, -0.1) is 5.10 Å². The molecule has 10 heteroatoms. The Balaban J connectivity index is 1.49. The van der Waals surface area contributed by atoms with Crippen molar-refractivity contribution >= 4 is 23.4 Å². The molecule has 0 spiro atoms. The average molecular weight is 420 g/mol. The number of imide groups is 1. The molecule has 1 atom stereocenters. The van der Waals surface area contributed by atoms with Gasteiger partial charge in [-0.1, -0.05) is 11.3 Å². The topological polar surface area (TPSA) is 123 Å². The normalized spacial score (nSPS) is 18.3. The van der Waals surface area contributed by atoms with Gasteiger partial charge in [0.05, 0.1) is 11.9 Å². The fraction of sp³-hybridized carbons (Fsp3) is 0.190. The second-order valence-corrected chi connectivity index (χ2v) is 7.48. The number of rotatable bonds is 3. The van der Waals surface area contributed by atoms with Crippen LogP contribution in [-0.4, -0.2) is 43.7 Å². The zero-order valence-electron chi connectivity index (χ0n) is 16.2. The number of aromatic nitrogens is 3. The molecule has 9 nitrogen and oxygen atoms in total. The Morgan fingerprint density at radius 2 is 1.97 bits per heavy atom. The van der Waals surface area contributed by atoms with Crippen LogP contribution in [0.1, 0.15) is 28.8 Å². The first-order chi connectivity index (χ1) is 14.9. The number of benzene rings is 2. The largest absolute Gasteiger partial charge is 0.398 e. The number of anilines is 1. The second-order valence-electron chi connectivity index (χ2n) is 7.48. The molecule has 3 aromatic rings. The van der Waals surface area contributed by atoms with Gasteiger partial charge in [-0.2, -0.15) is 0 Å². The summed E-state index contributed by atoms with van der Waals surface area (Å²) < 4.78 is 15.2. The Hall–Kier alpha value is -4.08. The fourth-order valence-corrected chi connectivity index (χ4v) is 4.04. The number of hydrogen-bond acceptors (Lipinski definition) is 6. The Morgan fingerprint density at radius 3 is 2.77 bits per heavy atom. The van der Waals surface area contributed by atoms with Gasteiger partial charge in [-0.3, -0.25) is 19.7 Å². The van der Waals surface area contributed by atoms with Gasteiger partial charge in [-0.25, -0.2) is 9.07 Å². The lowest BCUT2D eigenvalue weighted by Gasteiger charge is -2.29. The molecule has 2 aromatic carbocycles. The van der Waals surface area contributed by atoms with Crippen LogP contribution >= 0.6 is 0 Å². The van der Waals surface area contributed by atoms with E-state index >= 15 is 0 Å². The van der Waals surface area contributed by atoms with E-state index in [1.807, 2.05) is 0 Å². The molecule has 1 fully saturated rings. The summed E-state index contributed by atoms with van der Waals surface area (Å²) in [4.78, 5) is 38.2. The lowest BCUT2D eigenvalue weighted by Crippen LogP contribution is -2.52. The lowest BCUT2D eigenvalue weighted by molar-refractivity contribution is -0.136. The molecule has 2 aliphatic rings. The van der Waals surface area contributed by atoms with E-state index in [0.29, 0.717) is 33.8 Å². The summed E-state index contributed by atoms with van der Waals surface area (Å²) in [5.74, 6) is -1.52. The van der Waals surface area contributed by atoms with Crippen molar-refractivity contribution in [3.8, 4) is 16.9 Å². The van der Waals surface area contributed by atoms with Gasteiger partial charge in [0.25, 0.3) is 5.91 Å². The molecule has 5 rings (SSSR count). The number of carbonyl (C=O) groups is 3. The molecular formula is C21H17FN6O3. The van der Waals surface area contributed by atoms with Crippen LogP contribution in [0.5, 0.6) is 0 Å². The Bertz CT molecular complexity index is 1250. The summed E-state index contributed by atoms with van der Waals surface area (Å²) in [6.07, 6.45) is 2.08. The van der Waals surface area contributed by atoms with Crippen LogP contribution in [0.25, 0.3) is 16.9 Å². The van der Waals surface area contributed by atoms with Gasteiger partial charge in [0.1, 0.15) is 17.6 Å². The van der Waals surface area contributed by atoms with Gasteiger partial charge in [-0.05, 0) is 36.8 Å². The van der Waals surface area contributed by atoms with Crippen LogP contribution in [0.2, 0.25) is 0 Å². The van der Waals surface area contributed by atoms with Gasteiger partial charge < -0.3 is 10.6 Å². The first-order valence-electron chi connectivity index (χ1n) is 9.67. The van der Waals surface area contributed by atoms with Crippen molar-refractivity contribution in [2.24, 2.45) is 0 Å². The van der Waals surface area contributed by atoms with Crippen LogP contribution < -0.4 is 11.1 Å². The van der Waals surface area contributed by atoms with Crippen molar-refractivity contribution < 1.29 is 18.8 Å². The van der Waals surface area contributed by atoms with E-state index in [1.165, 1.54) is 27.8 Å². The van der Waals surface area contributed by atoms with Gasteiger partial charge in [0, 0.05) is 35.3 Å². The lowest BCUT2D eigenvalue weighted by atomic mass is 10.0. The number of carbonyl (C=O) groups excluding carboxylic acids is 3. The van der Waals surface area contributed by atoms with Crippen molar-refractivity contribution in [2.75, 3.05) is 5.73 Å². The summed E-state index contributed by atoms with van der Waals surface area (Å²) in [5, 5.41) is 10.5. The molecule has 3 N–H and O–H groups in total. The highest BCUT2D eigenvalue weighted by molar-refractivity contribution is 6.05. The molecule has 31 heavy (non-hydrogen) atoms. The average Bonchev–Trinajstić information content (AvgIpc) is 3.35. The van der Waals surface area contributed by atoms with Crippen LogP contribution in [0.3, 0.4) is 0 Å². The number of amides is 3. The molecular weight excluding hydrogens is 403 g/mol. The first kappa shape index (κ1) is 18.9. The van der Waals surface area contributed by atoms with E-state index in [-0.39, 0.29) is 31.2 Å². The van der Waals surface area contributed by atoms with Gasteiger partial charge in [0.15, 0.2) is 0 Å². The summed E-state index contributed by atoms with van der Waals surface area (Å²) in [7, 11) is 0. The number of nitrogen functional groups attached to an aromatic ring is 1. The predicted octanol–water partition coefficient (Wildman–Crippen LogP) is 1.42. The second kappa shape index (κ2) is 7.01. The molecule has 0 bridgehead atoms. The minimum absolute atomic E-state index is 0.185. The molecule has 0 aliphatic carbocycles. The number of nitrogens with one attached hydrogen (secondary N) is 1. The molecule has 1 unspecified atom stereocenters. The molecule has 3 heterocycles. The molecule has 3 amide bonds. The molecule has 156 valence electrons. The SMILES string of the molecule is Nc1ccc(F)cc1-c1cn(-c2cccc3c2CN(C2CCC(=O)NC2=O)C3=O)nn1. The van der Waals surface area contributed by atoms with Crippen molar-refractivity contribution in [1.82, 2.24) is 25.2 Å². The van der Waals surface area contributed by atoms with Gasteiger partial charge in [0.2, 0.25) is 11.8 Å². The third-order valence-corrected chi connectivity index (χ3v) is 5.59. The molecule has 0 saturated carbocycles. The van der Waals surface area contributed by atoms with Crippen LogP contribution in [0.15, 0.2) is 42.6 Å². The maximum absolute atomic E-state index is 13.7. The highest BCUT2D eigenvalue weighted by atomic mass is 19.1. The van der Waals surface area contributed by atoms with Crippen molar-refractivity contribution in [2.45, 2.75) is 25.4 Å². The maximum Gasteiger partial charge on any atom is 0.255 e. The Labute approximate surface area is 175 Å². The van der Waals surface area contributed by atoms with Gasteiger partial charge >= 0.3 is 0 Å². The monoisotopic (exact) mass is 420 g/mol. The zero-order valence-corrected chi connectivity index (χ0v) is 16.2. The van der Waals surface area contributed by atoms with Crippen molar-refractivity contribution in [1.29, 1.82) is 0 Å². The predicted molar refractivity (Wildman–Crippen MR) is 107 cm³/mol. The van der Waals surface area contributed by atoms with E-state index < -0.39 is 17.8 Å². The summed E-state index contributed by atoms with van der Waals surface area (Å²) in [5.41, 5.74) is 8.90. The number of piperidine rings is 1. The highest BCUT2D eigenvalue weighted by Crippen LogP contribution is 2.32. The van der Waals surface area contributed by atoms with Crippen molar-refractivity contribution in [3.05, 3.63) is 59.5 Å². The Morgan fingerprint density at radius 1 is 1.13 bits per heavy atom. The molecule has 2 aliphatic heterocycles. The summed E-state index contributed by atoms with van der Waals surface area (Å²) in [6, 6.07) is 8.50. The smallest absolute Gasteiger partial charge is 0.255 e. The molecule has 0 radical (unpaired) electrons. The number of halogens is 1. The maximum atomic E-state index is 13.7. The fourth-order valence-electron chi connectivity index (χ4n) is 4.04. The quantitative estimate of drug-likeness (QED) is 0.488. The third-order valence-electron chi connectivity index (χ3n) is 5.59.